The number of benzene rings is 1. The second-order valence-corrected chi connectivity index (χ2v) is 3.37. The molecule has 1 heterocycles. The summed E-state index contributed by atoms with van der Waals surface area (Å²) in [6.45, 7) is 0. The summed E-state index contributed by atoms with van der Waals surface area (Å²) < 4.78 is 15.0. The van der Waals surface area contributed by atoms with Crippen LogP contribution in [0.5, 0.6) is 0 Å². The number of hydrogen-bond acceptors (Lipinski definition) is 3. The Morgan fingerprint density at radius 3 is 2.25 bits per heavy atom. The third-order valence-electron chi connectivity index (χ3n) is 2.23. The second-order valence-electron chi connectivity index (χ2n) is 3.37. The molecule has 4 N–H and O–H groups in total. The van der Waals surface area contributed by atoms with Crippen LogP contribution in [0.3, 0.4) is 0 Å². The zero-order valence-electron chi connectivity index (χ0n) is 8.35. The van der Waals surface area contributed by atoms with Crippen LogP contribution < -0.4 is 16.9 Å². The monoisotopic (exact) mass is 219 g/mol. The van der Waals surface area contributed by atoms with E-state index in [4.69, 9.17) is 11.5 Å². The molecule has 0 atom stereocenters. The van der Waals surface area contributed by atoms with Crippen molar-refractivity contribution in [3.05, 3.63) is 52.7 Å². The van der Waals surface area contributed by atoms with Gasteiger partial charge in [-0.05, 0) is 6.07 Å². The number of anilines is 2. The molecule has 4 nitrogen and oxygen atoms in total. The molecule has 0 amide bonds. The number of nitrogens with zero attached hydrogens (tertiary/aromatic N) is 1. The average Bonchev–Trinajstić information content (AvgIpc) is 2.25. The molecule has 0 saturated heterocycles. The van der Waals surface area contributed by atoms with Gasteiger partial charge < -0.3 is 16.0 Å². The summed E-state index contributed by atoms with van der Waals surface area (Å²) in [7, 11) is 0. The normalized spacial score (nSPS) is 10.3. The maximum Gasteiger partial charge on any atom is 0.181 e. The lowest BCUT2D eigenvalue weighted by atomic mass is 10.2. The number of halogens is 1. The average molecular weight is 219 g/mol. The topological polar surface area (TPSA) is 74.0 Å². The molecular weight excluding hydrogens is 209 g/mol. The van der Waals surface area contributed by atoms with E-state index in [1.54, 1.807) is 0 Å². The standard InChI is InChI=1S/C11H10FN3O/c12-8-5-9(13)10(14)6-11(8)15-3-1-7(16)2-4-15/h1-6H,13-14H2. The van der Waals surface area contributed by atoms with Gasteiger partial charge in [-0.25, -0.2) is 4.39 Å². The molecular formula is C11H10FN3O. The first-order chi connectivity index (χ1) is 7.58. The molecule has 0 radical (unpaired) electrons. The van der Waals surface area contributed by atoms with Crippen LogP contribution in [0.4, 0.5) is 15.8 Å². The lowest BCUT2D eigenvalue weighted by Crippen LogP contribution is -2.05. The van der Waals surface area contributed by atoms with E-state index >= 15 is 0 Å². The summed E-state index contributed by atoms with van der Waals surface area (Å²) in [6, 6.07) is 5.26. The van der Waals surface area contributed by atoms with Crippen LogP contribution in [0.2, 0.25) is 0 Å². The first-order valence-corrected chi connectivity index (χ1v) is 4.61. The molecule has 0 fully saturated rings. The molecule has 0 aliphatic heterocycles. The molecule has 82 valence electrons. The van der Waals surface area contributed by atoms with Crippen LogP contribution in [0.25, 0.3) is 5.69 Å². The molecule has 2 rings (SSSR count). The number of aromatic nitrogens is 1. The van der Waals surface area contributed by atoms with Gasteiger partial charge in [0.15, 0.2) is 5.43 Å². The smallest absolute Gasteiger partial charge is 0.181 e. The van der Waals surface area contributed by atoms with Crippen LogP contribution in [0.15, 0.2) is 41.5 Å². The Bertz CT molecular complexity index is 572. The highest BCUT2D eigenvalue weighted by atomic mass is 19.1. The Kier molecular flexibility index (Phi) is 2.36. The fourth-order valence-electron chi connectivity index (χ4n) is 1.36. The maximum absolute atomic E-state index is 13.6. The van der Waals surface area contributed by atoms with Crippen LogP contribution in [0, 0.1) is 5.82 Å². The highest BCUT2D eigenvalue weighted by Crippen LogP contribution is 2.22. The molecule has 2 aromatic rings. The van der Waals surface area contributed by atoms with E-state index in [9.17, 15) is 9.18 Å². The summed E-state index contributed by atoms with van der Waals surface area (Å²) in [5.41, 5.74) is 11.7. The fourth-order valence-corrected chi connectivity index (χ4v) is 1.36. The van der Waals surface area contributed by atoms with Gasteiger partial charge in [0.1, 0.15) is 5.82 Å². The number of nitrogen functional groups attached to an aromatic ring is 2. The number of hydrogen-bond donors (Lipinski definition) is 2. The van der Waals surface area contributed by atoms with Crippen molar-refractivity contribution in [3.63, 3.8) is 0 Å². The quantitative estimate of drug-likeness (QED) is 0.706. The van der Waals surface area contributed by atoms with Crippen molar-refractivity contribution < 1.29 is 4.39 Å². The van der Waals surface area contributed by atoms with Gasteiger partial charge in [0, 0.05) is 30.6 Å². The van der Waals surface area contributed by atoms with Crippen LogP contribution in [-0.2, 0) is 0 Å². The van der Waals surface area contributed by atoms with Gasteiger partial charge in [-0.15, -0.1) is 0 Å². The van der Waals surface area contributed by atoms with E-state index in [1.807, 2.05) is 0 Å². The van der Waals surface area contributed by atoms with E-state index in [0.717, 1.165) is 6.07 Å². The number of nitrogens with two attached hydrogens (primary N) is 2. The molecule has 1 aromatic heterocycles. The van der Waals surface area contributed by atoms with Crippen LogP contribution in [0.1, 0.15) is 0 Å². The third-order valence-corrected chi connectivity index (χ3v) is 2.23. The van der Waals surface area contributed by atoms with E-state index < -0.39 is 5.82 Å². The molecule has 16 heavy (non-hydrogen) atoms. The summed E-state index contributed by atoms with van der Waals surface area (Å²) in [6.07, 6.45) is 2.94. The van der Waals surface area contributed by atoms with Crippen molar-refractivity contribution in [1.82, 2.24) is 4.57 Å². The summed E-state index contributed by atoms with van der Waals surface area (Å²) in [4.78, 5) is 10.9. The van der Waals surface area contributed by atoms with E-state index in [0.29, 0.717) is 5.69 Å². The van der Waals surface area contributed by atoms with Gasteiger partial charge in [0.25, 0.3) is 0 Å². The van der Waals surface area contributed by atoms with Gasteiger partial charge in [0.05, 0.1) is 17.1 Å². The minimum absolute atomic E-state index is 0.139. The third kappa shape index (κ3) is 1.75. The van der Waals surface area contributed by atoms with Crippen molar-refractivity contribution >= 4 is 11.4 Å². The van der Waals surface area contributed by atoms with Crippen molar-refractivity contribution in [2.24, 2.45) is 0 Å². The summed E-state index contributed by atoms with van der Waals surface area (Å²) in [5.74, 6) is -0.490. The van der Waals surface area contributed by atoms with Crippen molar-refractivity contribution in [1.29, 1.82) is 0 Å². The van der Waals surface area contributed by atoms with Crippen LogP contribution >= 0.6 is 0 Å². The first-order valence-electron chi connectivity index (χ1n) is 4.61. The lowest BCUT2D eigenvalue weighted by molar-refractivity contribution is 0.618. The number of rotatable bonds is 1. The van der Waals surface area contributed by atoms with Crippen molar-refractivity contribution in [2.75, 3.05) is 11.5 Å². The Morgan fingerprint density at radius 1 is 1.06 bits per heavy atom. The molecule has 0 unspecified atom stereocenters. The van der Waals surface area contributed by atoms with Gasteiger partial charge in [-0.3, -0.25) is 4.79 Å². The number of pyridine rings is 1. The lowest BCUT2D eigenvalue weighted by Gasteiger charge is -2.09. The Labute approximate surface area is 90.9 Å². The van der Waals surface area contributed by atoms with Gasteiger partial charge in [0.2, 0.25) is 0 Å². The fraction of sp³-hybridized carbons (Fsp3) is 0. The minimum atomic E-state index is -0.490. The highest BCUT2D eigenvalue weighted by Gasteiger charge is 2.06. The van der Waals surface area contributed by atoms with Gasteiger partial charge in [-0.1, -0.05) is 0 Å². The Balaban J connectivity index is 2.60. The highest BCUT2D eigenvalue weighted by molar-refractivity contribution is 5.67. The molecule has 0 aliphatic carbocycles. The van der Waals surface area contributed by atoms with Crippen LogP contribution in [-0.4, -0.2) is 4.57 Å². The van der Waals surface area contributed by atoms with Gasteiger partial charge in [-0.2, -0.15) is 0 Å². The van der Waals surface area contributed by atoms with Crippen molar-refractivity contribution in [2.45, 2.75) is 0 Å². The minimum Gasteiger partial charge on any atom is -0.397 e. The zero-order valence-corrected chi connectivity index (χ0v) is 8.35. The second kappa shape index (κ2) is 3.69. The molecule has 5 heteroatoms. The maximum atomic E-state index is 13.6. The van der Waals surface area contributed by atoms with Crippen molar-refractivity contribution in [3.8, 4) is 5.69 Å². The predicted molar refractivity (Wildman–Crippen MR) is 60.8 cm³/mol. The summed E-state index contributed by atoms with van der Waals surface area (Å²) in [5, 5.41) is 0. The largest absolute Gasteiger partial charge is 0.397 e. The molecule has 0 saturated carbocycles. The molecule has 0 bridgehead atoms. The van der Waals surface area contributed by atoms with E-state index in [-0.39, 0.29) is 16.8 Å². The zero-order chi connectivity index (χ0) is 11.7. The van der Waals surface area contributed by atoms with E-state index in [1.165, 1.54) is 35.2 Å². The SMILES string of the molecule is Nc1cc(F)c(-n2ccc(=O)cc2)cc1N. The Hall–Kier alpha value is -2.30. The van der Waals surface area contributed by atoms with E-state index in [2.05, 4.69) is 0 Å². The molecule has 1 aromatic carbocycles. The first kappa shape index (κ1) is 10.2. The molecule has 0 aliphatic rings. The predicted octanol–water partition coefficient (Wildman–Crippen LogP) is 1.14. The Morgan fingerprint density at radius 2 is 1.62 bits per heavy atom. The summed E-state index contributed by atoms with van der Waals surface area (Å²) >= 11 is 0. The van der Waals surface area contributed by atoms with Gasteiger partial charge >= 0.3 is 0 Å². The molecule has 0 spiro atoms.